The lowest BCUT2D eigenvalue weighted by molar-refractivity contribution is -0.142. The monoisotopic (exact) mass is 384 g/mol. The van der Waals surface area contributed by atoms with Gasteiger partial charge in [-0.15, -0.1) is 0 Å². The summed E-state index contributed by atoms with van der Waals surface area (Å²) >= 11 is 8.15. The number of thiocarbonyl (C=S) groups is 1. The molecular weight excluding hydrogens is 372 g/mol. The van der Waals surface area contributed by atoms with Crippen molar-refractivity contribution < 1.29 is 19.0 Å². The molecule has 0 aliphatic rings. The van der Waals surface area contributed by atoms with Crippen LogP contribution >= 0.6 is 28.1 Å². The molecule has 8 heteroatoms. The number of esters is 1. The lowest BCUT2D eigenvalue weighted by Gasteiger charge is -2.12. The van der Waals surface area contributed by atoms with Gasteiger partial charge in [0.15, 0.2) is 18.1 Å². The fourth-order valence-electron chi connectivity index (χ4n) is 1.44. The van der Waals surface area contributed by atoms with E-state index < -0.39 is 5.97 Å². The maximum Gasteiger partial charge on any atom is 0.343 e. The van der Waals surface area contributed by atoms with Gasteiger partial charge in [-0.25, -0.2) is 4.79 Å². The second kappa shape index (κ2) is 8.36. The van der Waals surface area contributed by atoms with Gasteiger partial charge in [0, 0.05) is 4.47 Å². The SMILES string of the molecule is COC(=O)COc1cc(Br)c(/C=C(\C#N)C(N)=S)cc1OC. The Bertz CT molecular complexity index is 668. The summed E-state index contributed by atoms with van der Waals surface area (Å²) in [7, 11) is 2.73. The predicted molar refractivity (Wildman–Crippen MR) is 88.6 cm³/mol. The molecule has 0 atom stereocenters. The van der Waals surface area contributed by atoms with E-state index in [1.54, 1.807) is 12.1 Å². The molecule has 0 aliphatic heterocycles. The summed E-state index contributed by atoms with van der Waals surface area (Å²) in [5.74, 6) is 0.228. The molecule has 0 heterocycles. The first-order chi connectivity index (χ1) is 10.4. The van der Waals surface area contributed by atoms with Crippen LogP contribution in [0.15, 0.2) is 22.2 Å². The van der Waals surface area contributed by atoms with Crippen molar-refractivity contribution in [3.05, 3.63) is 27.7 Å². The maximum absolute atomic E-state index is 11.1. The number of ether oxygens (including phenoxy) is 3. The van der Waals surface area contributed by atoms with Gasteiger partial charge in [-0.1, -0.05) is 28.1 Å². The Morgan fingerprint density at radius 1 is 1.45 bits per heavy atom. The van der Waals surface area contributed by atoms with Crippen LogP contribution < -0.4 is 15.2 Å². The molecule has 0 unspecified atom stereocenters. The van der Waals surface area contributed by atoms with Crippen LogP contribution in [0.1, 0.15) is 5.56 Å². The number of nitrogens with two attached hydrogens (primary N) is 1. The van der Waals surface area contributed by atoms with Gasteiger partial charge < -0.3 is 19.9 Å². The van der Waals surface area contributed by atoms with Gasteiger partial charge >= 0.3 is 5.97 Å². The Labute approximate surface area is 141 Å². The number of nitriles is 1. The number of hydrogen-bond acceptors (Lipinski definition) is 6. The lowest BCUT2D eigenvalue weighted by Crippen LogP contribution is -2.13. The highest BCUT2D eigenvalue weighted by Crippen LogP contribution is 2.34. The number of carbonyl (C=O) groups excluding carboxylic acids is 1. The Morgan fingerprint density at radius 3 is 2.64 bits per heavy atom. The molecule has 1 aromatic rings. The van der Waals surface area contributed by atoms with Crippen molar-refractivity contribution >= 4 is 45.2 Å². The number of methoxy groups -OCH3 is 2. The smallest absolute Gasteiger partial charge is 0.343 e. The van der Waals surface area contributed by atoms with Crippen LogP contribution in [0, 0.1) is 11.3 Å². The largest absolute Gasteiger partial charge is 0.493 e. The summed E-state index contributed by atoms with van der Waals surface area (Å²) in [4.78, 5) is 11.1. The normalized spacial score (nSPS) is 10.5. The van der Waals surface area contributed by atoms with Crippen LogP contribution in [0.3, 0.4) is 0 Å². The van der Waals surface area contributed by atoms with Gasteiger partial charge in [-0.2, -0.15) is 5.26 Å². The molecule has 0 saturated carbocycles. The molecule has 116 valence electrons. The molecule has 0 saturated heterocycles. The first-order valence-corrected chi connectivity index (χ1v) is 7.11. The van der Waals surface area contributed by atoms with E-state index in [0.717, 1.165) is 0 Å². The molecule has 0 radical (unpaired) electrons. The van der Waals surface area contributed by atoms with E-state index in [1.807, 2.05) is 6.07 Å². The summed E-state index contributed by atoms with van der Waals surface area (Å²) in [5, 5.41) is 8.99. The summed E-state index contributed by atoms with van der Waals surface area (Å²) in [6.07, 6.45) is 1.53. The Balaban J connectivity index is 3.18. The zero-order chi connectivity index (χ0) is 16.7. The van der Waals surface area contributed by atoms with E-state index in [-0.39, 0.29) is 17.2 Å². The maximum atomic E-state index is 11.1. The number of benzene rings is 1. The van der Waals surface area contributed by atoms with Crippen LogP contribution in [-0.4, -0.2) is 31.8 Å². The van der Waals surface area contributed by atoms with Crippen molar-refractivity contribution in [1.82, 2.24) is 0 Å². The Hall–Kier alpha value is -2.11. The minimum atomic E-state index is -0.512. The number of carbonyl (C=O) groups is 1. The molecule has 0 amide bonds. The highest BCUT2D eigenvalue weighted by atomic mass is 79.9. The molecule has 0 bridgehead atoms. The first kappa shape index (κ1) is 17.9. The number of halogens is 1. The molecule has 0 aliphatic carbocycles. The zero-order valence-corrected chi connectivity index (χ0v) is 14.3. The molecule has 0 aromatic heterocycles. The summed E-state index contributed by atoms with van der Waals surface area (Å²) in [6.45, 7) is -0.245. The Morgan fingerprint density at radius 2 is 2.14 bits per heavy atom. The van der Waals surface area contributed by atoms with Crippen molar-refractivity contribution in [2.75, 3.05) is 20.8 Å². The summed E-state index contributed by atoms with van der Waals surface area (Å²) < 4.78 is 15.7. The van der Waals surface area contributed by atoms with Gasteiger partial charge in [0.05, 0.1) is 19.8 Å². The molecule has 0 spiro atoms. The second-order valence-electron chi connectivity index (χ2n) is 3.92. The van der Waals surface area contributed by atoms with Crippen molar-refractivity contribution in [3.8, 4) is 17.6 Å². The second-order valence-corrected chi connectivity index (χ2v) is 5.22. The average Bonchev–Trinajstić information content (AvgIpc) is 2.50. The van der Waals surface area contributed by atoms with Gasteiger partial charge in [0.25, 0.3) is 0 Å². The van der Waals surface area contributed by atoms with E-state index >= 15 is 0 Å². The molecule has 1 aromatic carbocycles. The fraction of sp³-hybridized carbons (Fsp3) is 0.214. The average molecular weight is 385 g/mol. The summed E-state index contributed by atoms with van der Waals surface area (Å²) in [5.41, 5.74) is 6.26. The zero-order valence-electron chi connectivity index (χ0n) is 11.9. The van der Waals surface area contributed by atoms with E-state index in [1.165, 1.54) is 20.3 Å². The van der Waals surface area contributed by atoms with Gasteiger partial charge in [-0.05, 0) is 23.8 Å². The third-order valence-electron chi connectivity index (χ3n) is 2.54. The van der Waals surface area contributed by atoms with E-state index in [0.29, 0.717) is 21.5 Å². The minimum absolute atomic E-state index is 0.000570. The van der Waals surface area contributed by atoms with Crippen LogP contribution in [0.2, 0.25) is 0 Å². The van der Waals surface area contributed by atoms with E-state index in [4.69, 9.17) is 32.7 Å². The topological polar surface area (TPSA) is 94.6 Å². The highest BCUT2D eigenvalue weighted by molar-refractivity contribution is 9.10. The van der Waals surface area contributed by atoms with Crippen molar-refractivity contribution in [1.29, 1.82) is 5.26 Å². The first-order valence-electron chi connectivity index (χ1n) is 5.91. The van der Waals surface area contributed by atoms with Gasteiger partial charge in [0.1, 0.15) is 11.1 Å². The highest BCUT2D eigenvalue weighted by Gasteiger charge is 2.12. The lowest BCUT2D eigenvalue weighted by atomic mass is 10.1. The number of hydrogen-bond donors (Lipinski definition) is 1. The van der Waals surface area contributed by atoms with Gasteiger partial charge in [-0.3, -0.25) is 0 Å². The predicted octanol–water partition coefficient (Wildman–Crippen LogP) is 2.20. The van der Waals surface area contributed by atoms with Crippen molar-refractivity contribution in [2.24, 2.45) is 5.73 Å². The molecule has 0 fully saturated rings. The van der Waals surface area contributed by atoms with Crippen LogP contribution in [0.5, 0.6) is 11.5 Å². The molecule has 2 N–H and O–H groups in total. The third kappa shape index (κ3) is 4.72. The van der Waals surface area contributed by atoms with Crippen LogP contribution in [0.25, 0.3) is 6.08 Å². The molecule has 22 heavy (non-hydrogen) atoms. The van der Waals surface area contributed by atoms with Crippen molar-refractivity contribution in [3.63, 3.8) is 0 Å². The van der Waals surface area contributed by atoms with Crippen LogP contribution in [0.4, 0.5) is 0 Å². The molecule has 1 rings (SSSR count). The quantitative estimate of drug-likeness (QED) is 0.347. The van der Waals surface area contributed by atoms with Crippen molar-refractivity contribution in [2.45, 2.75) is 0 Å². The summed E-state index contributed by atoms with van der Waals surface area (Å²) in [6, 6.07) is 5.16. The fourth-order valence-corrected chi connectivity index (χ4v) is 1.98. The van der Waals surface area contributed by atoms with Gasteiger partial charge in [0.2, 0.25) is 0 Å². The standard InChI is InChI=1S/C14H13BrN2O4S/c1-19-11-4-8(3-9(6-16)14(17)22)10(15)5-12(11)21-7-13(18)20-2/h3-5H,7H2,1-2H3,(H2,17,22)/b9-3+. The van der Waals surface area contributed by atoms with E-state index in [2.05, 4.69) is 20.7 Å². The molecular formula is C14H13BrN2O4S. The number of rotatable bonds is 6. The molecule has 6 nitrogen and oxygen atoms in total. The Kier molecular flexibility index (Phi) is 6.82. The minimum Gasteiger partial charge on any atom is -0.493 e. The van der Waals surface area contributed by atoms with Crippen LogP contribution in [-0.2, 0) is 9.53 Å². The third-order valence-corrected chi connectivity index (χ3v) is 3.45. The van der Waals surface area contributed by atoms with E-state index in [9.17, 15) is 4.79 Å². The number of nitrogens with zero attached hydrogens (tertiary/aromatic N) is 1.